The Labute approximate surface area is 98.6 Å². The number of nitrogens with one attached hydrogen (secondary N) is 1. The second-order valence-corrected chi connectivity index (χ2v) is 5.58. The maximum absolute atomic E-state index is 11.6. The molecular weight excluding hydrogens is 200 g/mol. The Morgan fingerprint density at radius 3 is 2.56 bits per heavy atom. The van der Waals surface area contributed by atoms with Crippen LogP contribution in [0.25, 0.3) is 0 Å². The van der Waals surface area contributed by atoms with Crippen molar-refractivity contribution in [1.82, 2.24) is 10.2 Å². The highest BCUT2D eigenvalue weighted by atomic mass is 16.1. The second-order valence-electron chi connectivity index (χ2n) is 5.58. The van der Waals surface area contributed by atoms with Crippen molar-refractivity contribution in [3.05, 3.63) is 0 Å². The van der Waals surface area contributed by atoms with Crippen molar-refractivity contribution >= 4 is 5.91 Å². The van der Waals surface area contributed by atoms with E-state index in [1.165, 1.54) is 32.2 Å². The Hall–Kier alpha value is -0.570. The summed E-state index contributed by atoms with van der Waals surface area (Å²) in [6.07, 6.45) is 6.51. The van der Waals surface area contributed by atoms with Crippen LogP contribution < -0.4 is 5.32 Å². The molecule has 2 aliphatic rings. The van der Waals surface area contributed by atoms with Crippen LogP contribution in [0.4, 0.5) is 0 Å². The number of likely N-dealkylation sites (tertiary alicyclic amines) is 1. The molecule has 1 atom stereocenters. The first-order valence-electron chi connectivity index (χ1n) is 6.71. The molecular formula is C13H24N2O. The molecule has 1 unspecified atom stereocenters. The highest BCUT2D eigenvalue weighted by Crippen LogP contribution is 2.27. The molecule has 2 fully saturated rings. The molecule has 1 aliphatic carbocycles. The Morgan fingerprint density at radius 1 is 1.25 bits per heavy atom. The van der Waals surface area contributed by atoms with Crippen LogP contribution in [0, 0.1) is 5.92 Å². The Bertz CT molecular complexity index is 248. The molecule has 1 N–H and O–H groups in total. The first kappa shape index (κ1) is 11.9. The van der Waals surface area contributed by atoms with Gasteiger partial charge >= 0.3 is 0 Å². The molecule has 1 aliphatic heterocycles. The molecule has 3 nitrogen and oxygen atoms in total. The van der Waals surface area contributed by atoms with E-state index in [9.17, 15) is 4.79 Å². The Morgan fingerprint density at radius 2 is 2.00 bits per heavy atom. The van der Waals surface area contributed by atoms with Crippen LogP contribution in [0.15, 0.2) is 0 Å². The summed E-state index contributed by atoms with van der Waals surface area (Å²) in [6.45, 7) is 6.23. The number of rotatable bonds is 3. The molecule has 1 heterocycles. The Balaban J connectivity index is 1.79. The molecule has 0 radical (unpaired) electrons. The zero-order valence-corrected chi connectivity index (χ0v) is 10.5. The smallest absolute Gasteiger partial charge is 0.222 e. The summed E-state index contributed by atoms with van der Waals surface area (Å²) in [6, 6.07) is 1.21. The monoisotopic (exact) mass is 224 g/mol. The molecule has 2 rings (SSSR count). The molecule has 16 heavy (non-hydrogen) atoms. The van der Waals surface area contributed by atoms with Gasteiger partial charge in [0.2, 0.25) is 5.91 Å². The zero-order chi connectivity index (χ0) is 11.5. The van der Waals surface area contributed by atoms with E-state index in [2.05, 4.69) is 10.2 Å². The highest BCUT2D eigenvalue weighted by molar-refractivity contribution is 5.78. The average molecular weight is 224 g/mol. The van der Waals surface area contributed by atoms with Gasteiger partial charge in [-0.2, -0.15) is 0 Å². The lowest BCUT2D eigenvalue weighted by atomic mass is 9.89. The molecule has 1 amide bonds. The van der Waals surface area contributed by atoms with E-state index in [-0.39, 0.29) is 11.8 Å². The van der Waals surface area contributed by atoms with E-state index in [1.54, 1.807) is 0 Å². The van der Waals surface area contributed by atoms with Gasteiger partial charge in [-0.3, -0.25) is 9.69 Å². The largest absolute Gasteiger partial charge is 0.352 e. The first-order valence-corrected chi connectivity index (χ1v) is 6.71. The fourth-order valence-corrected chi connectivity index (χ4v) is 2.58. The van der Waals surface area contributed by atoms with E-state index in [0.717, 1.165) is 19.0 Å². The number of piperidine rings is 1. The molecule has 92 valence electrons. The van der Waals surface area contributed by atoms with Crippen molar-refractivity contribution in [2.45, 2.75) is 58.0 Å². The summed E-state index contributed by atoms with van der Waals surface area (Å²) in [5.41, 5.74) is 0. The fraction of sp³-hybridized carbons (Fsp3) is 0.923. The van der Waals surface area contributed by atoms with Gasteiger partial charge in [0.1, 0.15) is 0 Å². The summed E-state index contributed by atoms with van der Waals surface area (Å²) in [7, 11) is 0. The van der Waals surface area contributed by atoms with Gasteiger partial charge in [-0.25, -0.2) is 0 Å². The van der Waals surface area contributed by atoms with E-state index in [4.69, 9.17) is 0 Å². The quantitative estimate of drug-likeness (QED) is 0.792. The number of carbonyl (C=O) groups excluding carboxylic acids is 1. The van der Waals surface area contributed by atoms with Gasteiger partial charge in [0.15, 0.2) is 0 Å². The van der Waals surface area contributed by atoms with E-state index < -0.39 is 0 Å². The van der Waals surface area contributed by atoms with Crippen LogP contribution in [-0.2, 0) is 4.79 Å². The molecule has 1 saturated heterocycles. The minimum Gasteiger partial charge on any atom is -0.352 e. The third kappa shape index (κ3) is 2.76. The van der Waals surface area contributed by atoms with Crippen molar-refractivity contribution < 1.29 is 4.79 Å². The van der Waals surface area contributed by atoms with Crippen molar-refractivity contribution in [3.63, 3.8) is 0 Å². The lowest BCUT2D eigenvalue weighted by molar-refractivity contribution is -0.125. The van der Waals surface area contributed by atoms with Gasteiger partial charge < -0.3 is 5.32 Å². The van der Waals surface area contributed by atoms with Crippen LogP contribution in [0.2, 0.25) is 0 Å². The Kier molecular flexibility index (Phi) is 3.85. The number of hydrogen-bond donors (Lipinski definition) is 1. The van der Waals surface area contributed by atoms with Gasteiger partial charge in [0.25, 0.3) is 0 Å². The number of amides is 1. The molecule has 0 aromatic rings. The van der Waals surface area contributed by atoms with Gasteiger partial charge in [-0.05, 0) is 32.2 Å². The molecule has 0 bridgehead atoms. The summed E-state index contributed by atoms with van der Waals surface area (Å²) >= 11 is 0. The van der Waals surface area contributed by atoms with Crippen molar-refractivity contribution in [2.75, 3.05) is 13.1 Å². The fourth-order valence-electron chi connectivity index (χ4n) is 2.58. The van der Waals surface area contributed by atoms with Crippen LogP contribution >= 0.6 is 0 Å². The first-order chi connectivity index (χ1) is 7.66. The van der Waals surface area contributed by atoms with Crippen LogP contribution in [0.5, 0.6) is 0 Å². The predicted molar refractivity (Wildman–Crippen MR) is 65.2 cm³/mol. The summed E-state index contributed by atoms with van der Waals surface area (Å²) < 4.78 is 0. The number of nitrogens with zero attached hydrogens (tertiary/aromatic N) is 1. The minimum atomic E-state index is 0.110. The van der Waals surface area contributed by atoms with Crippen LogP contribution in [0.1, 0.15) is 46.0 Å². The minimum absolute atomic E-state index is 0.110. The lowest BCUT2D eigenvalue weighted by Gasteiger charge is -2.42. The van der Waals surface area contributed by atoms with Gasteiger partial charge in [-0.1, -0.05) is 20.3 Å². The number of carbonyl (C=O) groups is 1. The zero-order valence-electron chi connectivity index (χ0n) is 10.5. The highest BCUT2D eigenvalue weighted by Gasteiger charge is 2.30. The molecule has 3 heteroatoms. The SMILES string of the molecule is CC(C)C(=O)NC1CCCN(C2CCC2)C1. The number of hydrogen-bond acceptors (Lipinski definition) is 2. The molecule has 0 spiro atoms. The van der Waals surface area contributed by atoms with Gasteiger partial charge in [0.05, 0.1) is 0 Å². The predicted octanol–water partition coefficient (Wildman–Crippen LogP) is 1.78. The third-order valence-electron chi connectivity index (χ3n) is 3.91. The van der Waals surface area contributed by atoms with E-state index in [1.807, 2.05) is 13.8 Å². The van der Waals surface area contributed by atoms with Crippen molar-refractivity contribution in [3.8, 4) is 0 Å². The van der Waals surface area contributed by atoms with Gasteiger partial charge in [-0.15, -0.1) is 0 Å². The average Bonchev–Trinajstić information content (AvgIpc) is 2.15. The van der Waals surface area contributed by atoms with E-state index >= 15 is 0 Å². The normalized spacial score (nSPS) is 27.8. The standard InChI is InChI=1S/C13H24N2O/c1-10(2)13(16)14-11-5-4-8-15(9-11)12-6-3-7-12/h10-12H,3-9H2,1-2H3,(H,14,16). The summed E-state index contributed by atoms with van der Waals surface area (Å²) in [5, 5.41) is 3.17. The van der Waals surface area contributed by atoms with E-state index in [0.29, 0.717) is 6.04 Å². The van der Waals surface area contributed by atoms with Crippen molar-refractivity contribution in [2.24, 2.45) is 5.92 Å². The summed E-state index contributed by atoms with van der Waals surface area (Å²) in [4.78, 5) is 14.2. The third-order valence-corrected chi connectivity index (χ3v) is 3.91. The van der Waals surface area contributed by atoms with Crippen LogP contribution in [0.3, 0.4) is 0 Å². The maximum Gasteiger partial charge on any atom is 0.222 e. The lowest BCUT2D eigenvalue weighted by Crippen LogP contribution is -2.53. The second kappa shape index (κ2) is 5.17. The molecule has 1 saturated carbocycles. The van der Waals surface area contributed by atoms with Gasteiger partial charge in [0, 0.05) is 24.5 Å². The summed E-state index contributed by atoms with van der Waals surface area (Å²) in [5.74, 6) is 0.319. The topological polar surface area (TPSA) is 32.3 Å². The van der Waals surface area contributed by atoms with Crippen molar-refractivity contribution in [1.29, 1.82) is 0 Å². The van der Waals surface area contributed by atoms with Crippen LogP contribution in [-0.4, -0.2) is 36.0 Å². The molecule has 0 aromatic carbocycles. The maximum atomic E-state index is 11.6. The molecule has 0 aromatic heterocycles.